The Morgan fingerprint density at radius 3 is 3.00 bits per heavy atom. The number of hydrogen-bond acceptors (Lipinski definition) is 3. The Morgan fingerprint density at radius 1 is 1.62 bits per heavy atom. The van der Waals surface area contributed by atoms with Crippen molar-refractivity contribution in [1.82, 2.24) is 5.32 Å². The third-order valence-corrected chi connectivity index (χ3v) is 4.12. The summed E-state index contributed by atoms with van der Waals surface area (Å²) >= 11 is 3.87. The van der Waals surface area contributed by atoms with E-state index in [0.29, 0.717) is 6.04 Å². The summed E-state index contributed by atoms with van der Waals surface area (Å²) in [7, 11) is 2.04. The number of hydrogen-bond donors (Lipinski definition) is 1. The predicted octanol–water partition coefficient (Wildman–Crippen LogP) is 3.15. The second kappa shape index (κ2) is 6.46. The third kappa shape index (κ3) is 3.71. The zero-order chi connectivity index (χ0) is 9.52. The average molecular weight is 215 g/mol. The Labute approximate surface area is 88.9 Å². The SMILES string of the molecule is CCCSCC(NC)c1cccs1. The van der Waals surface area contributed by atoms with E-state index < -0.39 is 0 Å². The van der Waals surface area contributed by atoms with Crippen LogP contribution >= 0.6 is 23.1 Å². The second-order valence-electron chi connectivity index (χ2n) is 2.93. The lowest BCUT2D eigenvalue weighted by Gasteiger charge is -2.13. The van der Waals surface area contributed by atoms with Crippen LogP contribution in [0.1, 0.15) is 24.3 Å². The minimum atomic E-state index is 0.538. The van der Waals surface area contributed by atoms with Gasteiger partial charge in [0.2, 0.25) is 0 Å². The van der Waals surface area contributed by atoms with Gasteiger partial charge in [-0.25, -0.2) is 0 Å². The summed E-state index contributed by atoms with van der Waals surface area (Å²) in [5, 5.41) is 5.50. The summed E-state index contributed by atoms with van der Waals surface area (Å²) in [5.74, 6) is 2.45. The van der Waals surface area contributed by atoms with Crippen molar-refractivity contribution in [3.8, 4) is 0 Å². The molecule has 0 fully saturated rings. The smallest absolute Gasteiger partial charge is 0.0504 e. The minimum absolute atomic E-state index is 0.538. The van der Waals surface area contributed by atoms with Gasteiger partial charge in [-0.3, -0.25) is 0 Å². The highest BCUT2D eigenvalue weighted by atomic mass is 32.2. The molecule has 0 saturated heterocycles. The molecule has 74 valence electrons. The normalized spacial score (nSPS) is 13.1. The number of rotatable bonds is 6. The first-order valence-electron chi connectivity index (χ1n) is 4.67. The van der Waals surface area contributed by atoms with Gasteiger partial charge in [-0.05, 0) is 30.7 Å². The Bertz CT molecular complexity index is 209. The number of nitrogens with one attached hydrogen (secondary N) is 1. The number of thioether (sulfide) groups is 1. The van der Waals surface area contributed by atoms with Crippen molar-refractivity contribution in [3.05, 3.63) is 22.4 Å². The molecule has 1 atom stereocenters. The molecule has 13 heavy (non-hydrogen) atoms. The molecule has 1 aromatic heterocycles. The van der Waals surface area contributed by atoms with E-state index in [1.807, 2.05) is 30.1 Å². The van der Waals surface area contributed by atoms with E-state index in [1.165, 1.54) is 22.8 Å². The Morgan fingerprint density at radius 2 is 2.46 bits per heavy atom. The van der Waals surface area contributed by atoms with Crippen molar-refractivity contribution in [2.75, 3.05) is 18.6 Å². The lowest BCUT2D eigenvalue weighted by Crippen LogP contribution is -2.17. The minimum Gasteiger partial charge on any atom is -0.312 e. The van der Waals surface area contributed by atoms with Crippen LogP contribution in [0.5, 0.6) is 0 Å². The lowest BCUT2D eigenvalue weighted by atomic mass is 10.3. The van der Waals surface area contributed by atoms with Gasteiger partial charge < -0.3 is 5.32 Å². The fourth-order valence-corrected chi connectivity index (χ4v) is 3.12. The summed E-state index contributed by atoms with van der Waals surface area (Å²) in [6.07, 6.45) is 1.27. The van der Waals surface area contributed by atoms with E-state index in [1.54, 1.807) is 0 Å². The van der Waals surface area contributed by atoms with Crippen molar-refractivity contribution < 1.29 is 0 Å². The maximum Gasteiger partial charge on any atom is 0.0504 e. The predicted molar refractivity (Wildman–Crippen MR) is 63.7 cm³/mol. The molecule has 0 saturated carbocycles. The van der Waals surface area contributed by atoms with Gasteiger partial charge in [0, 0.05) is 10.6 Å². The third-order valence-electron chi connectivity index (χ3n) is 1.87. The van der Waals surface area contributed by atoms with Gasteiger partial charge in [0.15, 0.2) is 0 Å². The van der Waals surface area contributed by atoms with Crippen molar-refractivity contribution in [3.63, 3.8) is 0 Å². The van der Waals surface area contributed by atoms with Gasteiger partial charge in [0.1, 0.15) is 0 Å². The molecule has 1 nitrogen and oxygen atoms in total. The summed E-state index contributed by atoms with van der Waals surface area (Å²) in [5.41, 5.74) is 0. The molecule has 0 spiro atoms. The van der Waals surface area contributed by atoms with Crippen molar-refractivity contribution in [2.45, 2.75) is 19.4 Å². The first kappa shape index (κ1) is 11.1. The van der Waals surface area contributed by atoms with Crippen LogP contribution in [0.3, 0.4) is 0 Å². The van der Waals surface area contributed by atoms with Crippen LogP contribution in [0.15, 0.2) is 17.5 Å². The van der Waals surface area contributed by atoms with E-state index in [4.69, 9.17) is 0 Å². The highest BCUT2D eigenvalue weighted by molar-refractivity contribution is 7.99. The molecule has 1 aromatic rings. The van der Waals surface area contributed by atoms with E-state index >= 15 is 0 Å². The standard InChI is InChI=1S/C10H17NS2/c1-3-6-12-8-9(11-2)10-5-4-7-13-10/h4-5,7,9,11H,3,6,8H2,1-2H3. The van der Waals surface area contributed by atoms with Gasteiger partial charge in [-0.1, -0.05) is 13.0 Å². The average Bonchev–Trinajstić information content (AvgIpc) is 2.65. The van der Waals surface area contributed by atoms with Gasteiger partial charge in [0.05, 0.1) is 6.04 Å². The molecule has 0 aliphatic carbocycles. The second-order valence-corrected chi connectivity index (χ2v) is 5.06. The van der Waals surface area contributed by atoms with Crippen molar-refractivity contribution in [1.29, 1.82) is 0 Å². The van der Waals surface area contributed by atoms with Gasteiger partial charge in [-0.15, -0.1) is 11.3 Å². The molecule has 1 unspecified atom stereocenters. The largest absolute Gasteiger partial charge is 0.312 e. The first-order chi connectivity index (χ1) is 6.38. The van der Waals surface area contributed by atoms with Crippen LogP contribution in [-0.2, 0) is 0 Å². The van der Waals surface area contributed by atoms with E-state index in [2.05, 4.69) is 29.8 Å². The fourth-order valence-electron chi connectivity index (χ4n) is 1.14. The van der Waals surface area contributed by atoms with E-state index in [0.717, 1.165) is 0 Å². The van der Waals surface area contributed by atoms with Crippen LogP contribution in [0.2, 0.25) is 0 Å². The highest BCUT2D eigenvalue weighted by Crippen LogP contribution is 2.22. The number of thiophene rings is 1. The van der Waals surface area contributed by atoms with Gasteiger partial charge in [0.25, 0.3) is 0 Å². The van der Waals surface area contributed by atoms with E-state index in [-0.39, 0.29) is 0 Å². The molecule has 1 heterocycles. The topological polar surface area (TPSA) is 12.0 Å². The summed E-state index contributed by atoms with van der Waals surface area (Å²) in [6, 6.07) is 4.87. The van der Waals surface area contributed by atoms with Crippen LogP contribution in [0, 0.1) is 0 Å². The molecular weight excluding hydrogens is 198 g/mol. The zero-order valence-corrected chi connectivity index (χ0v) is 9.88. The maximum absolute atomic E-state index is 3.35. The quantitative estimate of drug-likeness (QED) is 0.732. The Balaban J connectivity index is 2.35. The van der Waals surface area contributed by atoms with Gasteiger partial charge in [-0.2, -0.15) is 11.8 Å². The lowest BCUT2D eigenvalue weighted by molar-refractivity contribution is 0.673. The Kier molecular flexibility index (Phi) is 5.51. The molecule has 1 rings (SSSR count). The van der Waals surface area contributed by atoms with Crippen LogP contribution < -0.4 is 5.32 Å². The molecule has 3 heteroatoms. The molecule has 1 N–H and O–H groups in total. The summed E-state index contributed by atoms with van der Waals surface area (Å²) in [6.45, 7) is 2.23. The molecule has 0 aliphatic heterocycles. The van der Waals surface area contributed by atoms with Crippen LogP contribution in [0.4, 0.5) is 0 Å². The van der Waals surface area contributed by atoms with Crippen molar-refractivity contribution >= 4 is 23.1 Å². The summed E-state index contributed by atoms with van der Waals surface area (Å²) < 4.78 is 0. The van der Waals surface area contributed by atoms with Gasteiger partial charge >= 0.3 is 0 Å². The molecular formula is C10H17NS2. The maximum atomic E-state index is 3.35. The summed E-state index contributed by atoms with van der Waals surface area (Å²) in [4.78, 5) is 1.45. The van der Waals surface area contributed by atoms with E-state index in [9.17, 15) is 0 Å². The zero-order valence-electron chi connectivity index (χ0n) is 8.25. The van der Waals surface area contributed by atoms with Crippen LogP contribution in [-0.4, -0.2) is 18.6 Å². The van der Waals surface area contributed by atoms with Crippen LogP contribution in [0.25, 0.3) is 0 Å². The molecule has 0 bridgehead atoms. The first-order valence-corrected chi connectivity index (χ1v) is 6.70. The molecule has 0 radical (unpaired) electrons. The fraction of sp³-hybridized carbons (Fsp3) is 0.600. The molecule has 0 amide bonds. The molecule has 0 aromatic carbocycles. The monoisotopic (exact) mass is 215 g/mol. The highest BCUT2D eigenvalue weighted by Gasteiger charge is 2.08. The van der Waals surface area contributed by atoms with Crippen molar-refractivity contribution in [2.24, 2.45) is 0 Å². The Hall–Kier alpha value is 0.01000. The molecule has 0 aliphatic rings.